The van der Waals surface area contributed by atoms with Crippen LogP contribution >= 0.6 is 0 Å². The van der Waals surface area contributed by atoms with Crippen molar-refractivity contribution in [2.24, 2.45) is 0 Å². The summed E-state index contributed by atoms with van der Waals surface area (Å²) in [6.45, 7) is 4.05. The summed E-state index contributed by atoms with van der Waals surface area (Å²) in [4.78, 5) is 16.0. The van der Waals surface area contributed by atoms with Gasteiger partial charge in [0.25, 0.3) is 10.0 Å². The summed E-state index contributed by atoms with van der Waals surface area (Å²) in [5.74, 6) is -0.0326. The van der Waals surface area contributed by atoms with Gasteiger partial charge < -0.3 is 4.57 Å². The Bertz CT molecular complexity index is 824. The molecule has 1 aromatic carbocycles. The number of hydrogen-bond donors (Lipinski definition) is 0. The highest BCUT2D eigenvalue weighted by atomic mass is 32.2. The molecule has 0 atom stereocenters. The Kier molecular flexibility index (Phi) is 3.52. The number of rotatable bonds is 3. The van der Waals surface area contributed by atoms with Crippen LogP contribution in [-0.2, 0) is 10.0 Å². The normalized spacial score (nSPS) is 15.2. The van der Waals surface area contributed by atoms with Gasteiger partial charge in [-0.05, 0) is 26.0 Å². The third-order valence-corrected chi connectivity index (χ3v) is 5.44. The fourth-order valence-electron chi connectivity index (χ4n) is 2.48. The van der Waals surface area contributed by atoms with Crippen LogP contribution in [0.15, 0.2) is 41.8 Å². The zero-order valence-electron chi connectivity index (χ0n) is 12.4. The van der Waals surface area contributed by atoms with E-state index in [1.807, 2.05) is 13.8 Å². The zero-order chi connectivity index (χ0) is 15.9. The quantitative estimate of drug-likeness (QED) is 0.870. The van der Waals surface area contributed by atoms with Crippen LogP contribution in [0.4, 0.5) is 5.69 Å². The number of ketones is 1. The number of hydrogen-bond acceptors (Lipinski definition) is 4. The van der Waals surface area contributed by atoms with Gasteiger partial charge in [-0.3, -0.25) is 9.10 Å². The molecule has 0 spiro atoms. The molecule has 0 N–H and O–H groups in total. The highest BCUT2D eigenvalue weighted by Gasteiger charge is 2.33. The fraction of sp³-hybridized carbons (Fsp3) is 0.333. The van der Waals surface area contributed by atoms with Crippen molar-refractivity contribution in [3.63, 3.8) is 0 Å². The van der Waals surface area contributed by atoms with Crippen LogP contribution in [-0.4, -0.2) is 30.3 Å². The molecule has 2 heterocycles. The third-order valence-electron chi connectivity index (χ3n) is 3.74. The average Bonchev–Trinajstić information content (AvgIpc) is 2.98. The van der Waals surface area contributed by atoms with E-state index in [9.17, 15) is 13.2 Å². The molecule has 1 aromatic heterocycles. The summed E-state index contributed by atoms with van der Waals surface area (Å²) in [7, 11) is -3.76. The van der Waals surface area contributed by atoms with Gasteiger partial charge >= 0.3 is 0 Å². The van der Waals surface area contributed by atoms with Gasteiger partial charge in [-0.15, -0.1) is 0 Å². The maximum Gasteiger partial charge on any atom is 0.283 e. The van der Waals surface area contributed by atoms with Crippen LogP contribution < -0.4 is 4.31 Å². The van der Waals surface area contributed by atoms with Crippen molar-refractivity contribution in [3.8, 4) is 0 Å². The number of carbonyl (C=O) groups is 1. The number of Topliss-reactive ketones (excluding diaryl/α,β-unsaturated/α-hetero) is 1. The lowest BCUT2D eigenvalue weighted by Crippen LogP contribution is -2.37. The number of imidazole rings is 1. The standard InChI is InChI=1S/C15H17N3O3S/c1-11(2)17-9-15(16-10-17)22(20,21)18-8-7-14(19)12-5-3-4-6-13(12)18/h3-6,9-11H,7-8H2,1-2H3. The molecule has 116 valence electrons. The smallest absolute Gasteiger partial charge is 0.283 e. The van der Waals surface area contributed by atoms with E-state index in [4.69, 9.17) is 0 Å². The van der Waals surface area contributed by atoms with E-state index in [1.165, 1.54) is 16.8 Å². The Balaban J connectivity index is 2.06. The lowest BCUT2D eigenvalue weighted by Gasteiger charge is -2.28. The topological polar surface area (TPSA) is 72.3 Å². The molecule has 0 bridgehead atoms. The van der Waals surface area contributed by atoms with Gasteiger partial charge in [-0.1, -0.05) is 12.1 Å². The first-order valence-corrected chi connectivity index (χ1v) is 8.53. The summed E-state index contributed by atoms with van der Waals surface area (Å²) in [6, 6.07) is 6.91. The van der Waals surface area contributed by atoms with E-state index in [-0.39, 0.29) is 29.8 Å². The predicted octanol–water partition coefficient (Wildman–Crippen LogP) is 2.25. The molecule has 1 aliphatic rings. The maximum absolute atomic E-state index is 12.8. The minimum absolute atomic E-state index is 0.00496. The zero-order valence-corrected chi connectivity index (χ0v) is 13.2. The molecule has 7 heteroatoms. The number of carbonyl (C=O) groups excluding carboxylic acids is 1. The Morgan fingerprint density at radius 1 is 1.23 bits per heavy atom. The van der Waals surface area contributed by atoms with E-state index < -0.39 is 10.0 Å². The summed E-state index contributed by atoms with van der Waals surface area (Å²) in [5, 5.41) is 0.00496. The van der Waals surface area contributed by atoms with Crippen LogP contribution in [0.2, 0.25) is 0 Å². The van der Waals surface area contributed by atoms with Crippen molar-refractivity contribution in [2.45, 2.75) is 31.3 Å². The van der Waals surface area contributed by atoms with Crippen LogP contribution in [0.25, 0.3) is 0 Å². The molecule has 1 aliphatic heterocycles. The molecule has 0 saturated carbocycles. The molecule has 0 saturated heterocycles. The molecule has 0 radical (unpaired) electrons. The van der Waals surface area contributed by atoms with Gasteiger partial charge in [0.05, 0.1) is 12.0 Å². The minimum Gasteiger partial charge on any atom is -0.334 e. The van der Waals surface area contributed by atoms with Gasteiger partial charge in [0, 0.05) is 30.8 Å². The monoisotopic (exact) mass is 319 g/mol. The van der Waals surface area contributed by atoms with E-state index in [1.54, 1.807) is 28.8 Å². The molecule has 0 aliphatic carbocycles. The number of nitrogens with zero attached hydrogens (tertiary/aromatic N) is 3. The number of benzene rings is 1. The lowest BCUT2D eigenvalue weighted by molar-refractivity contribution is 0.0982. The molecule has 0 fully saturated rings. The molecule has 3 rings (SSSR count). The van der Waals surface area contributed by atoms with Crippen molar-refractivity contribution in [1.82, 2.24) is 9.55 Å². The first kappa shape index (κ1) is 14.8. The van der Waals surface area contributed by atoms with Crippen molar-refractivity contribution >= 4 is 21.5 Å². The molecule has 2 aromatic rings. The van der Waals surface area contributed by atoms with E-state index in [2.05, 4.69) is 4.98 Å². The van der Waals surface area contributed by atoms with E-state index in [0.717, 1.165) is 0 Å². The van der Waals surface area contributed by atoms with Gasteiger partial charge in [0.2, 0.25) is 0 Å². The molecule has 0 amide bonds. The Morgan fingerprint density at radius 3 is 2.64 bits per heavy atom. The summed E-state index contributed by atoms with van der Waals surface area (Å²) < 4.78 is 28.7. The molecule has 6 nitrogen and oxygen atoms in total. The third kappa shape index (κ3) is 2.31. The first-order valence-electron chi connectivity index (χ1n) is 7.09. The van der Waals surface area contributed by atoms with Crippen molar-refractivity contribution in [3.05, 3.63) is 42.4 Å². The SMILES string of the molecule is CC(C)n1cnc(S(=O)(=O)N2CCC(=O)c3ccccc32)c1. The van der Waals surface area contributed by atoms with Gasteiger partial charge in [0.15, 0.2) is 10.8 Å². The second-order valence-corrected chi connectivity index (χ2v) is 7.33. The van der Waals surface area contributed by atoms with Crippen molar-refractivity contribution in [2.75, 3.05) is 10.8 Å². The Labute approximate surface area is 129 Å². The summed E-state index contributed by atoms with van der Waals surface area (Å²) in [6.07, 6.45) is 3.22. The Morgan fingerprint density at radius 2 is 1.95 bits per heavy atom. The summed E-state index contributed by atoms with van der Waals surface area (Å²) >= 11 is 0. The second kappa shape index (κ2) is 5.24. The predicted molar refractivity (Wildman–Crippen MR) is 82.5 cm³/mol. The second-order valence-electron chi connectivity index (χ2n) is 5.52. The average molecular weight is 319 g/mol. The van der Waals surface area contributed by atoms with Gasteiger partial charge in [-0.2, -0.15) is 8.42 Å². The minimum atomic E-state index is -3.76. The fourth-order valence-corrected chi connectivity index (χ4v) is 3.89. The highest BCUT2D eigenvalue weighted by molar-refractivity contribution is 7.92. The van der Waals surface area contributed by atoms with Crippen molar-refractivity contribution in [1.29, 1.82) is 0 Å². The van der Waals surface area contributed by atoms with Crippen LogP contribution in [0, 0.1) is 0 Å². The molecular formula is C15H17N3O3S. The number of fused-ring (bicyclic) bond motifs is 1. The van der Waals surface area contributed by atoms with Crippen LogP contribution in [0.1, 0.15) is 36.7 Å². The highest BCUT2D eigenvalue weighted by Crippen LogP contribution is 2.31. The number of anilines is 1. The van der Waals surface area contributed by atoms with Crippen molar-refractivity contribution < 1.29 is 13.2 Å². The van der Waals surface area contributed by atoms with E-state index >= 15 is 0 Å². The van der Waals surface area contributed by atoms with Gasteiger partial charge in [-0.25, -0.2) is 4.98 Å². The maximum atomic E-state index is 12.8. The number of para-hydroxylation sites is 1. The molecule has 22 heavy (non-hydrogen) atoms. The Hall–Kier alpha value is -2.15. The first-order chi connectivity index (χ1) is 10.4. The lowest BCUT2D eigenvalue weighted by atomic mass is 10.0. The number of sulfonamides is 1. The van der Waals surface area contributed by atoms with Crippen LogP contribution in [0.3, 0.4) is 0 Å². The summed E-state index contributed by atoms with van der Waals surface area (Å²) in [5.41, 5.74) is 0.874. The molecule has 0 unspecified atom stereocenters. The largest absolute Gasteiger partial charge is 0.334 e. The van der Waals surface area contributed by atoms with Gasteiger partial charge in [0.1, 0.15) is 0 Å². The van der Waals surface area contributed by atoms with E-state index in [0.29, 0.717) is 11.3 Å². The number of aromatic nitrogens is 2. The van der Waals surface area contributed by atoms with Crippen LogP contribution in [0.5, 0.6) is 0 Å². The molecular weight excluding hydrogens is 302 g/mol.